The van der Waals surface area contributed by atoms with Gasteiger partial charge in [-0.3, -0.25) is 4.90 Å². The summed E-state index contributed by atoms with van der Waals surface area (Å²) < 4.78 is 0. The van der Waals surface area contributed by atoms with Crippen molar-refractivity contribution in [1.29, 1.82) is 0 Å². The molecule has 2 rings (SSSR count). The van der Waals surface area contributed by atoms with Crippen molar-refractivity contribution >= 4 is 11.3 Å². The summed E-state index contributed by atoms with van der Waals surface area (Å²) in [6.07, 6.45) is 5.56. The topological polar surface area (TPSA) is 15.3 Å². The molecule has 0 aromatic carbocycles. The van der Waals surface area contributed by atoms with Gasteiger partial charge in [-0.25, -0.2) is 0 Å². The first-order valence-electron chi connectivity index (χ1n) is 8.59. The average molecular weight is 309 g/mol. The van der Waals surface area contributed by atoms with Crippen LogP contribution in [0.4, 0.5) is 0 Å². The number of likely N-dealkylation sites (tertiary alicyclic amines) is 1. The Morgan fingerprint density at radius 3 is 2.90 bits per heavy atom. The number of aryl methyl sites for hydroxylation is 1. The van der Waals surface area contributed by atoms with Gasteiger partial charge in [-0.15, -0.1) is 11.3 Å². The highest BCUT2D eigenvalue weighted by Crippen LogP contribution is 2.25. The minimum Gasteiger partial charge on any atom is -0.312 e. The zero-order valence-corrected chi connectivity index (χ0v) is 15.1. The van der Waals surface area contributed by atoms with E-state index < -0.39 is 0 Å². The third-order valence-corrected chi connectivity index (χ3v) is 5.58. The van der Waals surface area contributed by atoms with Gasteiger partial charge in [0.05, 0.1) is 0 Å². The first kappa shape index (κ1) is 17.0. The van der Waals surface area contributed by atoms with Crippen LogP contribution in [0.2, 0.25) is 0 Å². The minimum absolute atomic E-state index is 0.725. The summed E-state index contributed by atoms with van der Waals surface area (Å²) in [5.74, 6) is 0.725. The second-order valence-corrected chi connectivity index (χ2v) is 8.33. The molecule has 2 nitrogen and oxygen atoms in total. The second kappa shape index (κ2) is 8.30. The Kier molecular flexibility index (Phi) is 6.72. The Balaban J connectivity index is 1.91. The van der Waals surface area contributed by atoms with Gasteiger partial charge in [0, 0.05) is 28.9 Å². The molecule has 21 heavy (non-hydrogen) atoms. The van der Waals surface area contributed by atoms with E-state index in [1.165, 1.54) is 42.0 Å². The SMILES string of the molecule is Cc1sc(CNCC(C)C)cc1CN1CCCCCC1C. The van der Waals surface area contributed by atoms with Crippen LogP contribution in [-0.4, -0.2) is 24.0 Å². The van der Waals surface area contributed by atoms with Crippen molar-refractivity contribution in [1.82, 2.24) is 10.2 Å². The summed E-state index contributed by atoms with van der Waals surface area (Å²) in [4.78, 5) is 5.69. The van der Waals surface area contributed by atoms with Gasteiger partial charge < -0.3 is 5.32 Å². The zero-order valence-electron chi connectivity index (χ0n) is 14.2. The molecule has 0 aliphatic carbocycles. The number of nitrogens with one attached hydrogen (secondary N) is 1. The number of hydrogen-bond acceptors (Lipinski definition) is 3. The predicted molar refractivity (Wildman–Crippen MR) is 93.9 cm³/mol. The van der Waals surface area contributed by atoms with E-state index in [1.54, 1.807) is 5.56 Å². The molecule has 1 atom stereocenters. The molecule has 1 aliphatic heterocycles. The maximum atomic E-state index is 3.56. The smallest absolute Gasteiger partial charge is 0.0300 e. The van der Waals surface area contributed by atoms with Crippen molar-refractivity contribution < 1.29 is 0 Å². The molecule has 0 saturated carbocycles. The Morgan fingerprint density at radius 1 is 1.33 bits per heavy atom. The highest BCUT2D eigenvalue weighted by Gasteiger charge is 2.18. The third kappa shape index (κ3) is 5.39. The molecule has 1 aromatic heterocycles. The van der Waals surface area contributed by atoms with Crippen molar-refractivity contribution in [3.63, 3.8) is 0 Å². The lowest BCUT2D eigenvalue weighted by Crippen LogP contribution is -2.32. The Morgan fingerprint density at radius 2 is 2.14 bits per heavy atom. The van der Waals surface area contributed by atoms with Crippen LogP contribution < -0.4 is 5.32 Å². The van der Waals surface area contributed by atoms with Crippen LogP contribution in [0.15, 0.2) is 6.07 Å². The molecule has 0 radical (unpaired) electrons. The van der Waals surface area contributed by atoms with Gasteiger partial charge in [-0.2, -0.15) is 0 Å². The molecule has 0 amide bonds. The van der Waals surface area contributed by atoms with Crippen LogP contribution in [0.1, 0.15) is 61.8 Å². The van der Waals surface area contributed by atoms with E-state index in [4.69, 9.17) is 0 Å². The molecular weight excluding hydrogens is 276 g/mol. The summed E-state index contributed by atoms with van der Waals surface area (Å²) in [5.41, 5.74) is 1.55. The Hall–Kier alpha value is -0.380. The van der Waals surface area contributed by atoms with E-state index in [-0.39, 0.29) is 0 Å². The predicted octanol–water partition coefficient (Wildman–Crippen LogP) is 4.57. The molecule has 0 spiro atoms. The molecule has 1 aromatic rings. The molecule has 2 heterocycles. The van der Waals surface area contributed by atoms with Gasteiger partial charge >= 0.3 is 0 Å². The maximum Gasteiger partial charge on any atom is 0.0300 e. The first-order valence-corrected chi connectivity index (χ1v) is 9.41. The monoisotopic (exact) mass is 308 g/mol. The quantitative estimate of drug-likeness (QED) is 0.828. The van der Waals surface area contributed by atoms with E-state index in [9.17, 15) is 0 Å². The fourth-order valence-corrected chi connectivity index (χ4v) is 4.13. The summed E-state index contributed by atoms with van der Waals surface area (Å²) in [5, 5.41) is 3.56. The van der Waals surface area contributed by atoms with E-state index in [2.05, 4.69) is 44.0 Å². The summed E-state index contributed by atoms with van der Waals surface area (Å²) >= 11 is 1.97. The zero-order chi connectivity index (χ0) is 15.2. The van der Waals surface area contributed by atoms with E-state index in [1.807, 2.05) is 11.3 Å². The van der Waals surface area contributed by atoms with Crippen molar-refractivity contribution in [3.05, 3.63) is 21.4 Å². The highest BCUT2D eigenvalue weighted by atomic mass is 32.1. The second-order valence-electron chi connectivity index (χ2n) is 6.99. The number of rotatable bonds is 6. The average Bonchev–Trinajstić information content (AvgIpc) is 2.63. The van der Waals surface area contributed by atoms with Gasteiger partial charge in [-0.1, -0.05) is 26.7 Å². The third-order valence-electron chi connectivity index (χ3n) is 4.49. The van der Waals surface area contributed by atoms with Gasteiger partial charge in [0.25, 0.3) is 0 Å². The molecule has 1 fully saturated rings. The standard InChI is InChI=1S/C18H32N2S/c1-14(2)11-19-12-18-10-17(16(4)21-18)13-20-9-7-5-6-8-15(20)3/h10,14-15,19H,5-9,11-13H2,1-4H3. The molecule has 1 unspecified atom stereocenters. The van der Waals surface area contributed by atoms with Gasteiger partial charge in [0.15, 0.2) is 0 Å². The molecule has 1 aliphatic rings. The number of thiophene rings is 1. The lowest BCUT2D eigenvalue weighted by molar-refractivity contribution is 0.205. The van der Waals surface area contributed by atoms with Crippen molar-refractivity contribution in [2.45, 2.75) is 72.5 Å². The fourth-order valence-electron chi connectivity index (χ4n) is 3.10. The highest BCUT2D eigenvalue weighted by molar-refractivity contribution is 7.12. The van der Waals surface area contributed by atoms with Crippen LogP contribution in [0.3, 0.4) is 0 Å². The van der Waals surface area contributed by atoms with Crippen LogP contribution in [0, 0.1) is 12.8 Å². The fraction of sp³-hybridized carbons (Fsp3) is 0.778. The van der Waals surface area contributed by atoms with Crippen LogP contribution >= 0.6 is 11.3 Å². The molecule has 1 saturated heterocycles. The number of hydrogen-bond donors (Lipinski definition) is 1. The molecule has 120 valence electrons. The minimum atomic E-state index is 0.725. The van der Waals surface area contributed by atoms with E-state index >= 15 is 0 Å². The van der Waals surface area contributed by atoms with Crippen molar-refractivity contribution in [2.24, 2.45) is 5.92 Å². The maximum absolute atomic E-state index is 3.56. The van der Waals surface area contributed by atoms with E-state index in [0.29, 0.717) is 0 Å². The number of nitrogens with zero attached hydrogens (tertiary/aromatic N) is 1. The van der Waals surface area contributed by atoms with Crippen LogP contribution in [0.5, 0.6) is 0 Å². The lowest BCUT2D eigenvalue weighted by Gasteiger charge is -2.26. The van der Waals surface area contributed by atoms with Crippen molar-refractivity contribution in [3.8, 4) is 0 Å². The molecule has 1 N–H and O–H groups in total. The first-order chi connectivity index (χ1) is 10.1. The van der Waals surface area contributed by atoms with Crippen LogP contribution in [-0.2, 0) is 13.1 Å². The summed E-state index contributed by atoms with van der Waals surface area (Å²) in [6.45, 7) is 13.8. The van der Waals surface area contributed by atoms with Crippen LogP contribution in [0.25, 0.3) is 0 Å². The van der Waals surface area contributed by atoms with Gasteiger partial charge in [0.2, 0.25) is 0 Å². The molecular formula is C18H32N2S. The summed E-state index contributed by atoms with van der Waals surface area (Å²) in [6, 6.07) is 3.18. The Bertz CT molecular complexity index is 425. The molecule has 0 bridgehead atoms. The van der Waals surface area contributed by atoms with Gasteiger partial charge in [-0.05, 0) is 57.3 Å². The normalized spacial score (nSPS) is 20.9. The van der Waals surface area contributed by atoms with Gasteiger partial charge in [0.1, 0.15) is 0 Å². The van der Waals surface area contributed by atoms with Crippen molar-refractivity contribution in [2.75, 3.05) is 13.1 Å². The largest absolute Gasteiger partial charge is 0.312 e. The Labute approximate surface area is 134 Å². The molecule has 3 heteroatoms. The lowest BCUT2D eigenvalue weighted by atomic mass is 10.1. The van der Waals surface area contributed by atoms with E-state index in [0.717, 1.165) is 31.6 Å². The summed E-state index contributed by atoms with van der Waals surface area (Å²) in [7, 11) is 0.